The number of ether oxygens (including phenoxy) is 2. The van der Waals surface area contributed by atoms with Crippen molar-refractivity contribution in [2.45, 2.75) is 39.4 Å². The summed E-state index contributed by atoms with van der Waals surface area (Å²) in [7, 11) is 0. The van der Waals surface area contributed by atoms with Crippen LogP contribution < -0.4 is 4.74 Å². The molecule has 0 N–H and O–H groups in total. The molecule has 0 aliphatic carbocycles. The van der Waals surface area contributed by atoms with Gasteiger partial charge >= 0.3 is 6.09 Å². The zero-order valence-electron chi connectivity index (χ0n) is 16.3. The second-order valence-corrected chi connectivity index (χ2v) is 7.88. The van der Waals surface area contributed by atoms with Gasteiger partial charge in [-0.15, -0.1) is 0 Å². The van der Waals surface area contributed by atoms with Crippen molar-refractivity contribution in [1.82, 2.24) is 14.9 Å². The predicted molar refractivity (Wildman–Crippen MR) is 108 cm³/mol. The van der Waals surface area contributed by atoms with Crippen molar-refractivity contribution in [1.29, 1.82) is 0 Å². The summed E-state index contributed by atoms with van der Waals surface area (Å²) in [6.07, 6.45) is 4.00. The van der Waals surface area contributed by atoms with Crippen molar-refractivity contribution in [2.24, 2.45) is 0 Å². The van der Waals surface area contributed by atoms with Gasteiger partial charge in [0.25, 0.3) is 0 Å². The maximum atomic E-state index is 12.2. The van der Waals surface area contributed by atoms with Crippen LogP contribution >= 0.6 is 11.6 Å². The van der Waals surface area contributed by atoms with Gasteiger partial charge in [0.05, 0.1) is 5.56 Å². The van der Waals surface area contributed by atoms with Gasteiger partial charge in [0.15, 0.2) is 0 Å². The number of amides is 1. The molecule has 148 valence electrons. The molecule has 0 unspecified atom stereocenters. The monoisotopic (exact) mass is 401 g/mol. The number of carbonyl (C=O) groups excluding carboxylic acids is 1. The molecule has 3 rings (SSSR count). The quantitative estimate of drug-likeness (QED) is 0.693. The summed E-state index contributed by atoms with van der Waals surface area (Å²) in [4.78, 5) is 22.3. The van der Waals surface area contributed by atoms with E-state index in [0.29, 0.717) is 32.0 Å². The highest BCUT2D eigenvalue weighted by atomic mass is 35.5. The number of nitrogens with zero attached hydrogens (tertiary/aromatic N) is 3. The van der Waals surface area contributed by atoms with Gasteiger partial charge in [0.1, 0.15) is 12.2 Å². The topological polar surface area (TPSA) is 64.5 Å². The summed E-state index contributed by atoms with van der Waals surface area (Å²) in [5.74, 6) is 0.445. The zero-order valence-corrected chi connectivity index (χ0v) is 17.1. The summed E-state index contributed by atoms with van der Waals surface area (Å²) in [5.41, 5.74) is 2.35. The Morgan fingerprint density at radius 2 is 2.00 bits per heavy atom. The highest BCUT2D eigenvalue weighted by Crippen LogP contribution is 2.30. The third-order valence-corrected chi connectivity index (χ3v) is 4.33. The van der Waals surface area contributed by atoms with E-state index in [9.17, 15) is 4.79 Å². The van der Waals surface area contributed by atoms with Gasteiger partial charge in [-0.1, -0.05) is 36.4 Å². The van der Waals surface area contributed by atoms with Gasteiger partial charge in [-0.3, -0.25) is 0 Å². The molecule has 1 aliphatic rings. The van der Waals surface area contributed by atoms with E-state index in [-0.39, 0.29) is 11.4 Å². The lowest BCUT2D eigenvalue weighted by molar-refractivity contribution is 0.0270. The lowest BCUT2D eigenvalue weighted by atomic mass is 10.0. The van der Waals surface area contributed by atoms with Gasteiger partial charge in [-0.05, 0) is 49.9 Å². The van der Waals surface area contributed by atoms with E-state index in [0.717, 1.165) is 16.7 Å². The molecule has 0 spiro atoms. The van der Waals surface area contributed by atoms with E-state index in [1.807, 2.05) is 57.2 Å². The van der Waals surface area contributed by atoms with E-state index in [1.54, 1.807) is 11.1 Å². The molecule has 1 aromatic heterocycles. The standard InChI is InChI=1S/C21H24ClN3O3/c1-21(2,3)28-20(26)25-11-9-16(10-12-25)17-13-23-19(22)24-18(17)27-14-15-7-5-4-6-8-15/h4-9,13H,10-12,14H2,1-3H3. The molecule has 0 fully saturated rings. The molecule has 0 bridgehead atoms. The summed E-state index contributed by atoms with van der Waals surface area (Å²) in [6.45, 7) is 6.98. The second-order valence-electron chi connectivity index (χ2n) is 7.54. The van der Waals surface area contributed by atoms with E-state index < -0.39 is 5.60 Å². The number of hydrogen-bond acceptors (Lipinski definition) is 5. The molecule has 6 nitrogen and oxygen atoms in total. The van der Waals surface area contributed by atoms with Crippen molar-refractivity contribution in [2.75, 3.05) is 13.1 Å². The Kier molecular flexibility index (Phi) is 6.19. The molecule has 0 atom stereocenters. The minimum atomic E-state index is -0.510. The van der Waals surface area contributed by atoms with Crippen LogP contribution in [0.4, 0.5) is 4.79 Å². The maximum Gasteiger partial charge on any atom is 0.410 e. The van der Waals surface area contributed by atoms with E-state index in [2.05, 4.69) is 9.97 Å². The molecule has 28 heavy (non-hydrogen) atoms. The Bertz CT molecular complexity index is 863. The molecule has 2 aromatic rings. The van der Waals surface area contributed by atoms with Gasteiger partial charge in [0.2, 0.25) is 11.2 Å². The Balaban J connectivity index is 1.72. The van der Waals surface area contributed by atoms with E-state index in [1.165, 1.54) is 0 Å². The first-order chi connectivity index (χ1) is 13.3. The lowest BCUT2D eigenvalue weighted by Crippen LogP contribution is -2.39. The van der Waals surface area contributed by atoms with Crippen LogP contribution in [0.2, 0.25) is 5.28 Å². The molecule has 1 aliphatic heterocycles. The summed E-state index contributed by atoms with van der Waals surface area (Å²) < 4.78 is 11.4. The minimum Gasteiger partial charge on any atom is -0.472 e. The van der Waals surface area contributed by atoms with Gasteiger partial charge in [-0.25, -0.2) is 9.78 Å². The van der Waals surface area contributed by atoms with E-state index in [4.69, 9.17) is 21.1 Å². The molecule has 0 saturated heterocycles. The third kappa shape index (κ3) is 5.45. The Hall–Kier alpha value is -2.60. The number of halogens is 1. The van der Waals surface area contributed by atoms with Crippen LogP contribution in [0, 0.1) is 0 Å². The highest BCUT2D eigenvalue weighted by molar-refractivity contribution is 6.28. The first kappa shape index (κ1) is 20.1. The van der Waals surface area contributed by atoms with Crippen LogP contribution in [-0.2, 0) is 11.3 Å². The molecule has 0 saturated carbocycles. The number of carbonyl (C=O) groups is 1. The summed E-state index contributed by atoms with van der Waals surface area (Å²) >= 11 is 5.97. The van der Waals surface area contributed by atoms with Crippen molar-refractivity contribution >= 4 is 23.3 Å². The first-order valence-electron chi connectivity index (χ1n) is 9.18. The summed E-state index contributed by atoms with van der Waals surface area (Å²) in [5, 5.41) is 0.138. The molecule has 7 heteroatoms. The van der Waals surface area contributed by atoms with Crippen molar-refractivity contribution in [3.63, 3.8) is 0 Å². The molecular formula is C21H24ClN3O3. The van der Waals surface area contributed by atoms with Gasteiger partial charge < -0.3 is 14.4 Å². The second kappa shape index (κ2) is 8.61. The smallest absolute Gasteiger partial charge is 0.410 e. The van der Waals surface area contributed by atoms with Crippen LogP contribution in [0.5, 0.6) is 5.88 Å². The number of aromatic nitrogens is 2. The Morgan fingerprint density at radius 3 is 2.64 bits per heavy atom. The Labute approximate surface area is 170 Å². The van der Waals surface area contributed by atoms with Crippen LogP contribution in [-0.4, -0.2) is 39.7 Å². The first-order valence-corrected chi connectivity index (χ1v) is 9.56. The van der Waals surface area contributed by atoms with Gasteiger partial charge in [-0.2, -0.15) is 4.98 Å². The average molecular weight is 402 g/mol. The minimum absolute atomic E-state index is 0.138. The highest BCUT2D eigenvalue weighted by Gasteiger charge is 2.25. The fourth-order valence-electron chi connectivity index (χ4n) is 2.81. The largest absolute Gasteiger partial charge is 0.472 e. The number of hydrogen-bond donors (Lipinski definition) is 0. The van der Waals surface area contributed by atoms with Gasteiger partial charge in [0, 0.05) is 19.3 Å². The maximum absolute atomic E-state index is 12.2. The molecule has 1 amide bonds. The van der Waals surface area contributed by atoms with Crippen LogP contribution in [0.15, 0.2) is 42.6 Å². The lowest BCUT2D eigenvalue weighted by Gasteiger charge is -2.29. The van der Waals surface area contributed by atoms with Crippen LogP contribution in [0.3, 0.4) is 0 Å². The zero-order chi connectivity index (χ0) is 20.1. The summed E-state index contributed by atoms with van der Waals surface area (Å²) in [6, 6.07) is 9.85. The molecular weight excluding hydrogens is 378 g/mol. The Morgan fingerprint density at radius 1 is 1.25 bits per heavy atom. The fraction of sp³-hybridized carbons (Fsp3) is 0.381. The third-order valence-electron chi connectivity index (χ3n) is 4.15. The fourth-order valence-corrected chi connectivity index (χ4v) is 2.93. The van der Waals surface area contributed by atoms with Crippen LogP contribution in [0.1, 0.15) is 38.3 Å². The predicted octanol–water partition coefficient (Wildman–Crippen LogP) is 4.73. The van der Waals surface area contributed by atoms with Crippen LogP contribution in [0.25, 0.3) is 5.57 Å². The number of rotatable bonds is 4. The SMILES string of the molecule is CC(C)(C)OC(=O)N1CC=C(c2cnc(Cl)nc2OCc2ccccc2)CC1. The molecule has 2 heterocycles. The molecule has 0 radical (unpaired) electrons. The van der Waals surface area contributed by atoms with E-state index >= 15 is 0 Å². The van der Waals surface area contributed by atoms with Crippen molar-refractivity contribution in [3.8, 4) is 5.88 Å². The van der Waals surface area contributed by atoms with Crippen molar-refractivity contribution in [3.05, 3.63) is 59.0 Å². The average Bonchev–Trinajstić information content (AvgIpc) is 2.66. The van der Waals surface area contributed by atoms with Crippen molar-refractivity contribution < 1.29 is 14.3 Å². The normalized spacial score (nSPS) is 14.4. The molecule has 1 aromatic carbocycles. The number of benzene rings is 1.